The van der Waals surface area contributed by atoms with Crippen LogP contribution in [0.25, 0.3) is 0 Å². The summed E-state index contributed by atoms with van der Waals surface area (Å²) in [5.41, 5.74) is 0.904. The summed E-state index contributed by atoms with van der Waals surface area (Å²) in [6.45, 7) is 0.258. The molecule has 0 fully saturated rings. The summed E-state index contributed by atoms with van der Waals surface area (Å²) in [4.78, 5) is 11.4. The minimum absolute atomic E-state index is 0.230. The third-order valence-corrected chi connectivity index (χ3v) is 2.29. The Morgan fingerprint density at radius 2 is 1.89 bits per heavy atom. The van der Waals surface area contributed by atoms with Crippen molar-refractivity contribution < 1.29 is 18.0 Å². The second-order valence-corrected chi connectivity index (χ2v) is 3.92. The third-order valence-electron chi connectivity index (χ3n) is 2.29. The number of rotatable bonds is 5. The molecule has 1 aromatic carbocycles. The van der Waals surface area contributed by atoms with E-state index >= 15 is 0 Å². The molecule has 0 heterocycles. The largest absolute Gasteiger partial charge is 0.401 e. The smallest absolute Gasteiger partial charge is 0.348 e. The molecule has 1 atom stereocenters. The van der Waals surface area contributed by atoms with Crippen LogP contribution in [0.15, 0.2) is 30.3 Å². The van der Waals surface area contributed by atoms with Gasteiger partial charge in [-0.2, -0.15) is 13.2 Å². The molecule has 0 saturated carbocycles. The minimum atomic E-state index is -4.30. The summed E-state index contributed by atoms with van der Waals surface area (Å²) in [5, 5.41) is 4.66. The molecule has 1 rings (SSSR count). The first-order valence-corrected chi connectivity index (χ1v) is 5.50. The van der Waals surface area contributed by atoms with Crippen LogP contribution < -0.4 is 10.6 Å². The van der Waals surface area contributed by atoms with Crippen LogP contribution in [0.4, 0.5) is 13.2 Å². The molecular formula is C12H15F3N2O. The topological polar surface area (TPSA) is 41.1 Å². The Balaban J connectivity index is 2.32. The van der Waals surface area contributed by atoms with Crippen LogP contribution in [0.2, 0.25) is 0 Å². The molecule has 0 radical (unpaired) electrons. The van der Waals surface area contributed by atoms with Crippen molar-refractivity contribution in [2.24, 2.45) is 0 Å². The fraction of sp³-hybridized carbons (Fsp3) is 0.417. The van der Waals surface area contributed by atoms with E-state index in [1.807, 2.05) is 35.6 Å². The molecule has 6 heteroatoms. The number of benzene rings is 1. The Bertz CT molecular complexity index is 379. The highest BCUT2D eigenvalue weighted by Crippen LogP contribution is 2.12. The van der Waals surface area contributed by atoms with E-state index in [4.69, 9.17) is 0 Å². The predicted molar refractivity (Wildman–Crippen MR) is 61.9 cm³/mol. The van der Waals surface area contributed by atoms with Crippen LogP contribution in [0.1, 0.15) is 18.5 Å². The van der Waals surface area contributed by atoms with E-state index in [9.17, 15) is 18.0 Å². The summed E-state index contributed by atoms with van der Waals surface area (Å²) in [6.07, 6.45) is -4.30. The number of alkyl halides is 3. The van der Waals surface area contributed by atoms with Crippen LogP contribution in [0.3, 0.4) is 0 Å². The summed E-state index contributed by atoms with van der Waals surface area (Å²) >= 11 is 0. The zero-order valence-corrected chi connectivity index (χ0v) is 9.92. The molecule has 0 aliphatic carbocycles. The van der Waals surface area contributed by atoms with Crippen molar-refractivity contribution >= 4 is 5.91 Å². The number of carbonyl (C=O) groups is 1. The molecule has 1 aromatic rings. The predicted octanol–water partition coefficient (Wildman–Crippen LogP) is 2.02. The Morgan fingerprint density at radius 3 is 2.44 bits per heavy atom. The number of halogens is 3. The quantitative estimate of drug-likeness (QED) is 0.850. The SMILES string of the molecule is C[C@@H](NC(=O)CNCC(F)(F)F)c1ccccc1. The number of hydrogen-bond acceptors (Lipinski definition) is 2. The molecule has 0 spiro atoms. The molecule has 0 aliphatic heterocycles. The standard InChI is InChI=1S/C12H15F3N2O/c1-9(10-5-3-2-4-6-10)17-11(18)7-16-8-12(13,14)15/h2-6,9,16H,7-8H2,1H3,(H,17,18)/t9-/m1/s1. The van der Waals surface area contributed by atoms with Gasteiger partial charge in [0.25, 0.3) is 0 Å². The van der Waals surface area contributed by atoms with Gasteiger partial charge in [0.2, 0.25) is 5.91 Å². The molecule has 2 N–H and O–H groups in total. The number of carbonyl (C=O) groups excluding carboxylic acids is 1. The van der Waals surface area contributed by atoms with Gasteiger partial charge in [0.05, 0.1) is 19.1 Å². The highest BCUT2D eigenvalue weighted by molar-refractivity contribution is 5.78. The van der Waals surface area contributed by atoms with E-state index in [2.05, 4.69) is 5.32 Å². The first-order valence-electron chi connectivity index (χ1n) is 5.50. The molecule has 18 heavy (non-hydrogen) atoms. The van der Waals surface area contributed by atoms with Gasteiger partial charge in [0.15, 0.2) is 0 Å². The van der Waals surface area contributed by atoms with Crippen LogP contribution >= 0.6 is 0 Å². The molecule has 0 unspecified atom stereocenters. The van der Waals surface area contributed by atoms with Gasteiger partial charge in [-0.05, 0) is 12.5 Å². The maximum atomic E-state index is 11.8. The molecule has 3 nitrogen and oxygen atoms in total. The van der Waals surface area contributed by atoms with E-state index in [1.165, 1.54) is 0 Å². The Hall–Kier alpha value is -1.56. The van der Waals surface area contributed by atoms with Crippen LogP contribution in [0, 0.1) is 0 Å². The van der Waals surface area contributed by atoms with Gasteiger partial charge >= 0.3 is 6.18 Å². The maximum absolute atomic E-state index is 11.8. The van der Waals surface area contributed by atoms with Crippen LogP contribution in [-0.2, 0) is 4.79 Å². The van der Waals surface area contributed by atoms with E-state index in [0.29, 0.717) is 0 Å². The van der Waals surface area contributed by atoms with Gasteiger partial charge in [-0.3, -0.25) is 4.79 Å². The molecule has 0 aromatic heterocycles. The Kier molecular flexibility index (Phi) is 5.15. The van der Waals surface area contributed by atoms with E-state index in [-0.39, 0.29) is 12.6 Å². The van der Waals surface area contributed by atoms with Crippen molar-refractivity contribution in [1.82, 2.24) is 10.6 Å². The van der Waals surface area contributed by atoms with Gasteiger partial charge in [0.1, 0.15) is 0 Å². The Morgan fingerprint density at radius 1 is 1.28 bits per heavy atom. The lowest BCUT2D eigenvalue weighted by Gasteiger charge is -2.15. The van der Waals surface area contributed by atoms with Gasteiger partial charge in [-0.25, -0.2) is 0 Å². The average molecular weight is 260 g/mol. The normalized spacial score (nSPS) is 13.1. The van der Waals surface area contributed by atoms with Crippen molar-refractivity contribution in [3.63, 3.8) is 0 Å². The first kappa shape index (κ1) is 14.5. The zero-order valence-electron chi connectivity index (χ0n) is 9.92. The fourth-order valence-electron chi connectivity index (χ4n) is 1.44. The Labute approximate surface area is 103 Å². The van der Waals surface area contributed by atoms with Gasteiger partial charge in [0, 0.05) is 0 Å². The number of hydrogen-bond donors (Lipinski definition) is 2. The van der Waals surface area contributed by atoms with Crippen LogP contribution in [0.5, 0.6) is 0 Å². The fourth-order valence-corrected chi connectivity index (χ4v) is 1.44. The average Bonchev–Trinajstić information content (AvgIpc) is 2.28. The highest BCUT2D eigenvalue weighted by Gasteiger charge is 2.26. The second-order valence-electron chi connectivity index (χ2n) is 3.92. The van der Waals surface area contributed by atoms with Crippen molar-refractivity contribution in [3.8, 4) is 0 Å². The second kappa shape index (κ2) is 6.39. The lowest BCUT2D eigenvalue weighted by molar-refractivity contribution is -0.128. The lowest BCUT2D eigenvalue weighted by atomic mass is 10.1. The number of amides is 1. The van der Waals surface area contributed by atoms with Crippen molar-refractivity contribution in [2.45, 2.75) is 19.1 Å². The summed E-state index contributed by atoms with van der Waals surface area (Å²) in [7, 11) is 0. The van der Waals surface area contributed by atoms with Crippen molar-refractivity contribution in [2.75, 3.05) is 13.1 Å². The molecule has 0 bridgehead atoms. The zero-order chi connectivity index (χ0) is 13.6. The number of nitrogens with one attached hydrogen (secondary N) is 2. The molecule has 1 amide bonds. The maximum Gasteiger partial charge on any atom is 0.401 e. The van der Waals surface area contributed by atoms with E-state index < -0.39 is 18.6 Å². The summed E-state index contributed by atoms with van der Waals surface area (Å²) in [5.74, 6) is -0.462. The van der Waals surface area contributed by atoms with Crippen molar-refractivity contribution in [3.05, 3.63) is 35.9 Å². The van der Waals surface area contributed by atoms with Gasteiger partial charge in [-0.1, -0.05) is 30.3 Å². The highest BCUT2D eigenvalue weighted by atomic mass is 19.4. The lowest BCUT2D eigenvalue weighted by Crippen LogP contribution is -2.39. The summed E-state index contributed by atoms with van der Waals surface area (Å²) < 4.78 is 35.5. The van der Waals surface area contributed by atoms with Crippen LogP contribution in [-0.4, -0.2) is 25.2 Å². The third kappa shape index (κ3) is 5.67. The first-order chi connectivity index (χ1) is 8.38. The molecule has 100 valence electrons. The molecule has 0 saturated heterocycles. The van der Waals surface area contributed by atoms with Crippen molar-refractivity contribution in [1.29, 1.82) is 0 Å². The molecular weight excluding hydrogens is 245 g/mol. The van der Waals surface area contributed by atoms with Gasteiger partial charge < -0.3 is 10.6 Å². The molecule has 0 aliphatic rings. The van der Waals surface area contributed by atoms with Gasteiger partial charge in [-0.15, -0.1) is 0 Å². The van der Waals surface area contributed by atoms with E-state index in [1.54, 1.807) is 6.92 Å². The van der Waals surface area contributed by atoms with E-state index in [0.717, 1.165) is 5.56 Å². The monoisotopic (exact) mass is 260 g/mol. The summed E-state index contributed by atoms with van der Waals surface area (Å²) in [6, 6.07) is 8.97. The minimum Gasteiger partial charge on any atom is -0.348 e.